The molecule has 1 amide bonds. The number of benzene rings is 1. The third-order valence-corrected chi connectivity index (χ3v) is 3.42. The zero-order chi connectivity index (χ0) is 15.2. The van der Waals surface area contributed by atoms with Crippen LogP contribution >= 0.6 is 0 Å². The number of hydrogen-bond acceptors (Lipinski definition) is 3. The highest BCUT2D eigenvalue weighted by Gasteiger charge is 2.18. The Morgan fingerprint density at radius 3 is 2.90 bits per heavy atom. The number of rotatable bonds is 4. The summed E-state index contributed by atoms with van der Waals surface area (Å²) >= 11 is 0. The molecule has 0 aromatic heterocycles. The quantitative estimate of drug-likeness (QED) is 0.831. The van der Waals surface area contributed by atoms with Crippen molar-refractivity contribution in [1.82, 2.24) is 5.32 Å². The maximum Gasteiger partial charge on any atom is 0.328 e. The van der Waals surface area contributed by atoms with Crippen LogP contribution in [0.2, 0.25) is 0 Å². The number of carboxylic acid groups (broad SMARTS) is 1. The lowest BCUT2D eigenvalue weighted by Gasteiger charge is -2.23. The number of carbonyl (C=O) groups excluding carboxylic acids is 1. The van der Waals surface area contributed by atoms with Gasteiger partial charge in [-0.15, -0.1) is 0 Å². The molecule has 0 spiro atoms. The van der Waals surface area contributed by atoms with Gasteiger partial charge in [-0.1, -0.05) is 12.1 Å². The van der Waals surface area contributed by atoms with Crippen LogP contribution in [0.4, 0.5) is 0 Å². The van der Waals surface area contributed by atoms with Crippen molar-refractivity contribution >= 4 is 18.0 Å². The first-order chi connectivity index (χ1) is 10.1. The fourth-order valence-electron chi connectivity index (χ4n) is 2.27. The Labute approximate surface area is 123 Å². The van der Waals surface area contributed by atoms with Crippen LogP contribution in [0.1, 0.15) is 34.3 Å². The summed E-state index contributed by atoms with van der Waals surface area (Å²) in [5, 5.41) is 11.6. The maximum atomic E-state index is 12.3. The lowest BCUT2D eigenvalue weighted by Crippen LogP contribution is -2.40. The molecule has 1 aromatic rings. The Balaban J connectivity index is 2.11. The Morgan fingerprint density at radius 2 is 2.24 bits per heavy atom. The van der Waals surface area contributed by atoms with Gasteiger partial charge in [-0.2, -0.15) is 0 Å². The molecule has 1 fully saturated rings. The van der Waals surface area contributed by atoms with Crippen LogP contribution < -0.4 is 5.32 Å². The van der Waals surface area contributed by atoms with E-state index in [0.717, 1.165) is 31.1 Å². The Kier molecular flexibility index (Phi) is 5.11. The van der Waals surface area contributed by atoms with E-state index in [-0.39, 0.29) is 11.9 Å². The molecule has 1 heterocycles. The molecule has 0 bridgehead atoms. The first-order valence-corrected chi connectivity index (χ1v) is 6.96. The number of hydrogen-bond donors (Lipinski definition) is 2. The van der Waals surface area contributed by atoms with E-state index in [1.165, 1.54) is 6.08 Å². The number of aryl methyl sites for hydroxylation is 1. The summed E-state index contributed by atoms with van der Waals surface area (Å²) in [6.45, 7) is 3.15. The molecular weight excluding hydrogens is 270 g/mol. The van der Waals surface area contributed by atoms with E-state index in [9.17, 15) is 9.59 Å². The van der Waals surface area contributed by atoms with Crippen LogP contribution in [0.25, 0.3) is 6.08 Å². The predicted octanol–water partition coefficient (Wildman–Crippen LogP) is 2.00. The van der Waals surface area contributed by atoms with Gasteiger partial charge < -0.3 is 15.2 Å². The zero-order valence-electron chi connectivity index (χ0n) is 12.0. The molecule has 1 unspecified atom stereocenters. The van der Waals surface area contributed by atoms with Crippen molar-refractivity contribution in [3.8, 4) is 0 Å². The first-order valence-electron chi connectivity index (χ1n) is 6.96. The van der Waals surface area contributed by atoms with Gasteiger partial charge in [0.05, 0.1) is 12.6 Å². The number of amides is 1. The summed E-state index contributed by atoms with van der Waals surface area (Å²) in [5.74, 6) is -1.16. The number of aliphatic carboxylic acids is 1. The van der Waals surface area contributed by atoms with Gasteiger partial charge in [0.15, 0.2) is 0 Å². The largest absolute Gasteiger partial charge is 0.478 e. The molecule has 0 aliphatic carbocycles. The third kappa shape index (κ3) is 4.43. The monoisotopic (exact) mass is 289 g/mol. The van der Waals surface area contributed by atoms with Crippen LogP contribution in [0.5, 0.6) is 0 Å². The summed E-state index contributed by atoms with van der Waals surface area (Å²) in [7, 11) is 0. The predicted molar refractivity (Wildman–Crippen MR) is 79.2 cm³/mol. The lowest BCUT2D eigenvalue weighted by molar-refractivity contribution is -0.131. The Hall–Kier alpha value is -2.14. The molecule has 5 heteroatoms. The molecule has 1 aliphatic heterocycles. The molecule has 1 saturated heterocycles. The molecule has 0 saturated carbocycles. The van der Waals surface area contributed by atoms with E-state index < -0.39 is 5.97 Å². The average molecular weight is 289 g/mol. The summed E-state index contributed by atoms with van der Waals surface area (Å²) < 4.78 is 5.35. The van der Waals surface area contributed by atoms with Gasteiger partial charge in [0.25, 0.3) is 5.91 Å². The topological polar surface area (TPSA) is 75.6 Å². The van der Waals surface area contributed by atoms with Crippen LogP contribution in [-0.4, -0.2) is 36.2 Å². The summed E-state index contributed by atoms with van der Waals surface area (Å²) in [4.78, 5) is 22.9. The Bertz CT molecular complexity index is 559. The van der Waals surface area contributed by atoms with Crippen molar-refractivity contribution in [2.75, 3.05) is 13.2 Å². The number of carboxylic acids is 1. The van der Waals surface area contributed by atoms with Gasteiger partial charge in [0.2, 0.25) is 0 Å². The molecule has 2 rings (SSSR count). The van der Waals surface area contributed by atoms with E-state index in [4.69, 9.17) is 9.84 Å². The second-order valence-corrected chi connectivity index (χ2v) is 5.13. The average Bonchev–Trinajstić information content (AvgIpc) is 2.47. The highest BCUT2D eigenvalue weighted by Crippen LogP contribution is 2.14. The van der Waals surface area contributed by atoms with E-state index >= 15 is 0 Å². The van der Waals surface area contributed by atoms with Gasteiger partial charge in [-0.3, -0.25) is 4.79 Å². The van der Waals surface area contributed by atoms with Crippen LogP contribution in [-0.2, 0) is 9.53 Å². The van der Waals surface area contributed by atoms with E-state index in [1.54, 1.807) is 12.1 Å². The number of ether oxygens (including phenoxy) is 1. The highest BCUT2D eigenvalue weighted by atomic mass is 16.5. The minimum absolute atomic E-state index is 0.0452. The van der Waals surface area contributed by atoms with Crippen molar-refractivity contribution in [3.05, 3.63) is 41.0 Å². The summed E-state index contributed by atoms with van der Waals surface area (Å²) in [6, 6.07) is 5.35. The molecule has 112 valence electrons. The molecule has 0 radical (unpaired) electrons. The van der Waals surface area contributed by atoms with Gasteiger partial charge >= 0.3 is 5.97 Å². The summed E-state index contributed by atoms with van der Waals surface area (Å²) in [5.41, 5.74) is 2.11. The molecule has 1 aromatic carbocycles. The van der Waals surface area contributed by atoms with E-state index in [0.29, 0.717) is 17.7 Å². The second-order valence-electron chi connectivity index (χ2n) is 5.13. The highest BCUT2D eigenvalue weighted by molar-refractivity contribution is 5.96. The second kappa shape index (κ2) is 7.04. The van der Waals surface area contributed by atoms with Crippen molar-refractivity contribution in [1.29, 1.82) is 0 Å². The maximum absolute atomic E-state index is 12.3. The zero-order valence-corrected chi connectivity index (χ0v) is 12.0. The molecule has 5 nitrogen and oxygen atoms in total. The standard InChI is InChI=1S/C16H19NO4/c1-11-4-5-12(6-7-15(18)19)9-14(11)16(20)17-13-3-2-8-21-10-13/h4-7,9,13H,2-3,8,10H2,1H3,(H,17,20)(H,18,19). The number of carbonyl (C=O) groups is 2. The van der Waals surface area contributed by atoms with Crippen LogP contribution in [0.3, 0.4) is 0 Å². The van der Waals surface area contributed by atoms with Crippen LogP contribution in [0, 0.1) is 6.92 Å². The normalized spacial score (nSPS) is 18.6. The van der Waals surface area contributed by atoms with Crippen LogP contribution in [0.15, 0.2) is 24.3 Å². The Morgan fingerprint density at radius 1 is 1.43 bits per heavy atom. The molecular formula is C16H19NO4. The fraction of sp³-hybridized carbons (Fsp3) is 0.375. The van der Waals surface area contributed by atoms with Gasteiger partial charge in [-0.25, -0.2) is 4.79 Å². The molecule has 1 atom stereocenters. The first kappa shape index (κ1) is 15.3. The van der Waals surface area contributed by atoms with Crippen molar-refractivity contribution in [3.63, 3.8) is 0 Å². The smallest absolute Gasteiger partial charge is 0.328 e. The van der Waals surface area contributed by atoms with E-state index in [1.807, 2.05) is 13.0 Å². The van der Waals surface area contributed by atoms with Gasteiger partial charge in [0, 0.05) is 18.2 Å². The van der Waals surface area contributed by atoms with Crippen molar-refractivity contribution in [2.45, 2.75) is 25.8 Å². The van der Waals surface area contributed by atoms with Crippen molar-refractivity contribution < 1.29 is 19.4 Å². The minimum atomic E-state index is -1.01. The van der Waals surface area contributed by atoms with Gasteiger partial charge in [0.1, 0.15) is 0 Å². The molecule has 2 N–H and O–H groups in total. The lowest BCUT2D eigenvalue weighted by atomic mass is 10.0. The molecule has 1 aliphatic rings. The third-order valence-electron chi connectivity index (χ3n) is 3.42. The number of nitrogens with one attached hydrogen (secondary N) is 1. The fourth-order valence-corrected chi connectivity index (χ4v) is 2.27. The molecule has 21 heavy (non-hydrogen) atoms. The minimum Gasteiger partial charge on any atom is -0.478 e. The SMILES string of the molecule is Cc1ccc(C=CC(=O)O)cc1C(=O)NC1CCCOC1. The van der Waals surface area contributed by atoms with E-state index in [2.05, 4.69) is 5.32 Å². The van der Waals surface area contributed by atoms with Crippen molar-refractivity contribution in [2.24, 2.45) is 0 Å². The van der Waals surface area contributed by atoms with Gasteiger partial charge in [-0.05, 0) is 43.0 Å². The summed E-state index contributed by atoms with van der Waals surface area (Å²) in [6.07, 6.45) is 4.40.